The molecule has 3 aliphatic rings. The fourth-order valence-corrected chi connectivity index (χ4v) is 4.83. The van der Waals surface area contributed by atoms with E-state index in [2.05, 4.69) is 50.1 Å². The van der Waals surface area contributed by atoms with E-state index in [1.165, 1.54) is 19.3 Å². The van der Waals surface area contributed by atoms with Gasteiger partial charge in [0.2, 0.25) is 5.65 Å². The zero-order valence-corrected chi connectivity index (χ0v) is 15.9. The first kappa shape index (κ1) is 16.6. The highest BCUT2D eigenvalue weighted by Gasteiger charge is 2.53. The normalized spacial score (nSPS) is 28.0. The van der Waals surface area contributed by atoms with Crippen molar-refractivity contribution in [1.82, 2.24) is 19.6 Å². The minimum Gasteiger partial charge on any atom is -0.367 e. The SMILES string of the molecule is CC(C)(C)c1cn2c(=O)[nH]nc2c(NCC2CCC3CC2C3(C)C)n1. The summed E-state index contributed by atoms with van der Waals surface area (Å²) in [6, 6.07) is 0. The first-order valence-electron chi connectivity index (χ1n) is 9.40. The van der Waals surface area contributed by atoms with Gasteiger partial charge in [-0.05, 0) is 42.4 Å². The summed E-state index contributed by atoms with van der Waals surface area (Å²) in [7, 11) is 0. The number of H-pyrrole nitrogens is 1. The third kappa shape index (κ3) is 2.57. The minimum atomic E-state index is -0.216. The fourth-order valence-electron chi connectivity index (χ4n) is 4.83. The molecular formula is C19H29N5O. The molecule has 6 nitrogen and oxygen atoms in total. The smallest absolute Gasteiger partial charge is 0.347 e. The highest BCUT2D eigenvalue weighted by molar-refractivity contribution is 5.62. The first-order chi connectivity index (χ1) is 11.7. The number of anilines is 1. The second-order valence-corrected chi connectivity index (χ2v) is 9.53. The van der Waals surface area contributed by atoms with Crippen molar-refractivity contribution < 1.29 is 0 Å². The van der Waals surface area contributed by atoms with Crippen LogP contribution in [0.4, 0.5) is 5.82 Å². The highest BCUT2D eigenvalue weighted by Crippen LogP contribution is 2.61. The Bertz CT molecular complexity index is 855. The number of fused-ring (bicyclic) bond motifs is 3. The molecule has 2 heterocycles. The summed E-state index contributed by atoms with van der Waals surface area (Å²) in [5.74, 6) is 3.09. The third-order valence-corrected chi connectivity index (χ3v) is 6.70. The quantitative estimate of drug-likeness (QED) is 0.897. The van der Waals surface area contributed by atoms with E-state index in [-0.39, 0.29) is 11.1 Å². The number of aromatic nitrogens is 4. The maximum Gasteiger partial charge on any atom is 0.347 e. The van der Waals surface area contributed by atoms with Crippen LogP contribution < -0.4 is 11.0 Å². The van der Waals surface area contributed by atoms with E-state index in [1.807, 2.05) is 0 Å². The molecule has 3 atom stereocenters. The standard InChI is InChI=1S/C19H29N5O/c1-18(2,3)14-10-24-16(22-23-17(24)25)15(21-14)20-9-11-6-7-12-8-13(11)19(12,4)5/h10-13H,6-9H2,1-5H3,(H,20,21)(H,23,25). The summed E-state index contributed by atoms with van der Waals surface area (Å²) in [6.07, 6.45) is 5.79. The molecule has 3 saturated carbocycles. The molecule has 0 aliphatic heterocycles. The summed E-state index contributed by atoms with van der Waals surface area (Å²) in [4.78, 5) is 16.8. The number of aromatic amines is 1. The van der Waals surface area contributed by atoms with E-state index in [0.717, 1.165) is 24.1 Å². The number of nitrogens with one attached hydrogen (secondary N) is 2. The molecular weight excluding hydrogens is 314 g/mol. The van der Waals surface area contributed by atoms with E-state index in [9.17, 15) is 4.79 Å². The van der Waals surface area contributed by atoms with E-state index < -0.39 is 0 Å². The number of nitrogens with zero attached hydrogens (tertiary/aromatic N) is 3. The molecule has 0 radical (unpaired) electrons. The lowest BCUT2D eigenvalue weighted by Crippen LogP contribution is -2.53. The second-order valence-electron chi connectivity index (χ2n) is 9.53. The summed E-state index contributed by atoms with van der Waals surface area (Å²) in [6.45, 7) is 12.1. The molecule has 2 aromatic rings. The van der Waals surface area contributed by atoms with Crippen LogP contribution in [0.3, 0.4) is 0 Å². The number of rotatable bonds is 3. The van der Waals surface area contributed by atoms with Crippen LogP contribution in [-0.2, 0) is 5.41 Å². The van der Waals surface area contributed by atoms with E-state index in [0.29, 0.717) is 22.8 Å². The van der Waals surface area contributed by atoms with Crippen LogP contribution in [0.25, 0.3) is 5.65 Å². The maximum atomic E-state index is 12.0. The Balaban J connectivity index is 1.62. The Labute approximate surface area is 148 Å². The molecule has 3 fully saturated rings. The Kier molecular flexibility index (Phi) is 3.54. The number of hydrogen-bond donors (Lipinski definition) is 2. The predicted molar refractivity (Wildman–Crippen MR) is 98.9 cm³/mol. The van der Waals surface area contributed by atoms with Crippen LogP contribution >= 0.6 is 0 Å². The zero-order chi connectivity index (χ0) is 18.0. The van der Waals surface area contributed by atoms with Gasteiger partial charge in [0.15, 0.2) is 5.82 Å². The zero-order valence-electron chi connectivity index (χ0n) is 15.9. The molecule has 2 bridgehead atoms. The Morgan fingerprint density at radius 1 is 1.36 bits per heavy atom. The van der Waals surface area contributed by atoms with Gasteiger partial charge in [-0.15, -0.1) is 5.10 Å². The number of hydrogen-bond acceptors (Lipinski definition) is 4. The van der Waals surface area contributed by atoms with Crippen molar-refractivity contribution >= 4 is 11.5 Å². The highest BCUT2D eigenvalue weighted by atomic mass is 16.1. The molecule has 6 heteroatoms. The van der Waals surface area contributed by atoms with Gasteiger partial charge >= 0.3 is 5.69 Å². The van der Waals surface area contributed by atoms with Gasteiger partial charge in [-0.1, -0.05) is 34.6 Å². The van der Waals surface area contributed by atoms with Crippen LogP contribution in [0.15, 0.2) is 11.0 Å². The van der Waals surface area contributed by atoms with Gasteiger partial charge in [0.05, 0.1) is 5.69 Å². The van der Waals surface area contributed by atoms with Crippen molar-refractivity contribution in [2.24, 2.45) is 23.2 Å². The Hall–Kier alpha value is -1.85. The maximum absolute atomic E-state index is 12.0. The van der Waals surface area contributed by atoms with E-state index in [4.69, 9.17) is 4.98 Å². The van der Waals surface area contributed by atoms with Crippen LogP contribution in [0, 0.1) is 23.2 Å². The van der Waals surface area contributed by atoms with Crippen molar-refractivity contribution in [3.05, 3.63) is 22.4 Å². The lowest BCUT2D eigenvalue weighted by Gasteiger charge is -2.60. The fraction of sp³-hybridized carbons (Fsp3) is 0.737. The molecule has 0 saturated heterocycles. The van der Waals surface area contributed by atoms with Gasteiger partial charge in [-0.3, -0.25) is 0 Å². The minimum absolute atomic E-state index is 0.130. The molecule has 2 N–H and O–H groups in total. The average molecular weight is 343 g/mol. The average Bonchev–Trinajstić information content (AvgIpc) is 2.93. The van der Waals surface area contributed by atoms with Crippen LogP contribution in [0.2, 0.25) is 0 Å². The summed E-state index contributed by atoms with van der Waals surface area (Å²) in [5, 5.41) is 10.2. The van der Waals surface area contributed by atoms with Crippen LogP contribution in [0.5, 0.6) is 0 Å². The lowest BCUT2D eigenvalue weighted by molar-refractivity contribution is -0.100. The molecule has 136 valence electrons. The van der Waals surface area contributed by atoms with Gasteiger partial charge in [-0.2, -0.15) is 0 Å². The molecule has 25 heavy (non-hydrogen) atoms. The molecule has 3 aliphatic carbocycles. The van der Waals surface area contributed by atoms with Crippen molar-refractivity contribution in [2.45, 2.75) is 59.3 Å². The second kappa shape index (κ2) is 5.32. The predicted octanol–water partition coefficient (Wildman–Crippen LogP) is 3.20. The summed E-state index contributed by atoms with van der Waals surface area (Å²) in [5.41, 5.74) is 1.60. The van der Waals surface area contributed by atoms with Gasteiger partial charge < -0.3 is 5.32 Å². The third-order valence-electron chi connectivity index (χ3n) is 6.70. The Morgan fingerprint density at radius 3 is 2.76 bits per heavy atom. The van der Waals surface area contributed by atoms with Crippen LogP contribution in [-0.4, -0.2) is 26.1 Å². The van der Waals surface area contributed by atoms with Gasteiger partial charge in [0.25, 0.3) is 0 Å². The molecule has 2 aromatic heterocycles. The van der Waals surface area contributed by atoms with Crippen LogP contribution in [0.1, 0.15) is 59.6 Å². The van der Waals surface area contributed by atoms with Crippen molar-refractivity contribution in [1.29, 1.82) is 0 Å². The lowest BCUT2D eigenvalue weighted by atomic mass is 9.45. The van der Waals surface area contributed by atoms with Gasteiger partial charge in [0.1, 0.15) is 0 Å². The summed E-state index contributed by atoms with van der Waals surface area (Å²) >= 11 is 0. The topological polar surface area (TPSA) is 75.1 Å². The summed E-state index contributed by atoms with van der Waals surface area (Å²) < 4.78 is 1.57. The molecule has 3 unspecified atom stereocenters. The molecule has 5 rings (SSSR count). The Morgan fingerprint density at radius 2 is 2.12 bits per heavy atom. The molecule has 0 amide bonds. The van der Waals surface area contributed by atoms with Crippen molar-refractivity contribution in [3.63, 3.8) is 0 Å². The first-order valence-corrected chi connectivity index (χ1v) is 9.40. The van der Waals surface area contributed by atoms with Gasteiger partial charge in [-0.25, -0.2) is 19.3 Å². The van der Waals surface area contributed by atoms with Gasteiger partial charge in [0, 0.05) is 18.2 Å². The van der Waals surface area contributed by atoms with E-state index >= 15 is 0 Å². The largest absolute Gasteiger partial charge is 0.367 e. The monoisotopic (exact) mass is 343 g/mol. The molecule has 0 aromatic carbocycles. The molecule has 0 spiro atoms. The van der Waals surface area contributed by atoms with Crippen molar-refractivity contribution in [2.75, 3.05) is 11.9 Å². The van der Waals surface area contributed by atoms with E-state index in [1.54, 1.807) is 10.6 Å². The van der Waals surface area contributed by atoms with Crippen molar-refractivity contribution in [3.8, 4) is 0 Å².